The van der Waals surface area contributed by atoms with Gasteiger partial charge in [-0.1, -0.05) is 18.2 Å². The van der Waals surface area contributed by atoms with E-state index in [-0.39, 0.29) is 36.6 Å². The lowest BCUT2D eigenvalue weighted by molar-refractivity contribution is 0.315. The van der Waals surface area contributed by atoms with Crippen molar-refractivity contribution in [2.75, 3.05) is 13.1 Å². The van der Waals surface area contributed by atoms with Gasteiger partial charge in [-0.15, -0.1) is 0 Å². The minimum absolute atomic E-state index is 0.154. The number of hydrogen-bond acceptors (Lipinski definition) is 6. The number of aromatic nitrogens is 2. The normalized spacial score (nSPS) is 21.5. The SMILES string of the molecule is N[C@@H]1CN(S(=O)(=O)Cc2ccc3nonc3c2)C[C@H]1c1ccc(F)cc1. The van der Waals surface area contributed by atoms with Gasteiger partial charge in [-0.3, -0.25) is 0 Å². The number of fused-ring (bicyclic) bond motifs is 1. The third kappa shape index (κ3) is 3.20. The molecule has 1 aliphatic rings. The maximum absolute atomic E-state index is 13.1. The third-order valence-corrected chi connectivity index (χ3v) is 6.47. The van der Waals surface area contributed by atoms with Crippen LogP contribution in [-0.4, -0.2) is 42.2 Å². The van der Waals surface area contributed by atoms with Gasteiger partial charge in [0.1, 0.15) is 16.9 Å². The predicted octanol–water partition coefficient (Wildman–Crippen LogP) is 1.62. The average molecular weight is 376 g/mol. The number of hydrogen-bond donors (Lipinski definition) is 1. The van der Waals surface area contributed by atoms with Crippen LogP contribution in [-0.2, 0) is 15.8 Å². The summed E-state index contributed by atoms with van der Waals surface area (Å²) in [5.74, 6) is -0.645. The first kappa shape index (κ1) is 17.1. The molecular formula is C17H17FN4O3S. The minimum atomic E-state index is -3.55. The van der Waals surface area contributed by atoms with Crippen LogP contribution in [0.2, 0.25) is 0 Å². The first-order valence-electron chi connectivity index (χ1n) is 8.12. The van der Waals surface area contributed by atoms with Crippen LogP contribution >= 0.6 is 0 Å². The summed E-state index contributed by atoms with van der Waals surface area (Å²) in [4.78, 5) is 0. The van der Waals surface area contributed by atoms with Crippen molar-refractivity contribution in [3.63, 3.8) is 0 Å². The van der Waals surface area contributed by atoms with E-state index in [1.807, 2.05) is 0 Å². The first-order valence-corrected chi connectivity index (χ1v) is 9.73. The summed E-state index contributed by atoms with van der Waals surface area (Å²) in [6.07, 6.45) is 0. The van der Waals surface area contributed by atoms with E-state index in [1.165, 1.54) is 16.4 Å². The van der Waals surface area contributed by atoms with Crippen molar-refractivity contribution in [2.24, 2.45) is 5.73 Å². The van der Waals surface area contributed by atoms with Crippen LogP contribution in [0.5, 0.6) is 0 Å². The number of sulfonamides is 1. The summed E-state index contributed by atoms with van der Waals surface area (Å²) in [6.45, 7) is 0.515. The molecule has 0 saturated carbocycles. The molecule has 2 heterocycles. The second-order valence-corrected chi connectivity index (χ2v) is 8.45. The highest BCUT2D eigenvalue weighted by atomic mass is 32.2. The molecule has 0 radical (unpaired) electrons. The molecule has 1 aromatic heterocycles. The molecule has 1 saturated heterocycles. The summed E-state index contributed by atoms with van der Waals surface area (Å²) in [5, 5.41) is 7.44. The third-order valence-electron chi connectivity index (χ3n) is 4.69. The van der Waals surface area contributed by atoms with Crippen molar-refractivity contribution in [3.8, 4) is 0 Å². The van der Waals surface area contributed by atoms with E-state index in [2.05, 4.69) is 14.9 Å². The minimum Gasteiger partial charge on any atom is -0.326 e. The number of benzene rings is 2. The second kappa shape index (κ2) is 6.42. The van der Waals surface area contributed by atoms with Crippen LogP contribution in [0, 0.1) is 5.82 Å². The Hall–Kier alpha value is -2.36. The van der Waals surface area contributed by atoms with Gasteiger partial charge in [0.05, 0.1) is 5.75 Å². The number of nitrogens with zero attached hydrogens (tertiary/aromatic N) is 3. The maximum atomic E-state index is 13.1. The summed E-state index contributed by atoms with van der Waals surface area (Å²) in [5.41, 5.74) is 8.69. The Kier molecular flexibility index (Phi) is 4.22. The van der Waals surface area contributed by atoms with Gasteiger partial charge in [0.2, 0.25) is 10.0 Å². The van der Waals surface area contributed by atoms with Gasteiger partial charge in [-0.05, 0) is 45.7 Å². The molecule has 9 heteroatoms. The predicted molar refractivity (Wildman–Crippen MR) is 93.1 cm³/mol. The lowest BCUT2D eigenvalue weighted by Gasteiger charge is -2.16. The number of rotatable bonds is 4. The molecule has 0 amide bonds. The molecule has 2 N–H and O–H groups in total. The zero-order valence-electron chi connectivity index (χ0n) is 13.7. The summed E-state index contributed by atoms with van der Waals surface area (Å²) in [6, 6.07) is 10.7. The standard InChI is InChI=1S/C17H17FN4O3S/c18-13-4-2-12(3-5-13)14-8-22(9-15(14)19)26(23,24)10-11-1-6-16-17(7-11)21-25-20-16/h1-7,14-15H,8-10,19H2/t14-,15+/m0/s1. The van der Waals surface area contributed by atoms with Crippen LogP contribution in [0.3, 0.4) is 0 Å². The highest BCUT2D eigenvalue weighted by molar-refractivity contribution is 7.88. The fourth-order valence-electron chi connectivity index (χ4n) is 3.30. The molecule has 1 fully saturated rings. The van der Waals surface area contributed by atoms with Crippen LogP contribution in [0.15, 0.2) is 47.1 Å². The molecule has 0 bridgehead atoms. The second-order valence-electron chi connectivity index (χ2n) is 6.48. The van der Waals surface area contributed by atoms with Crippen LogP contribution in [0.4, 0.5) is 4.39 Å². The number of nitrogens with two attached hydrogens (primary N) is 1. The van der Waals surface area contributed by atoms with Crippen molar-refractivity contribution in [1.82, 2.24) is 14.6 Å². The molecule has 0 spiro atoms. The maximum Gasteiger partial charge on any atom is 0.218 e. The molecule has 26 heavy (non-hydrogen) atoms. The topological polar surface area (TPSA) is 102 Å². The fraction of sp³-hybridized carbons (Fsp3) is 0.294. The van der Waals surface area contributed by atoms with Gasteiger partial charge in [0.15, 0.2) is 0 Å². The lowest BCUT2D eigenvalue weighted by atomic mass is 9.95. The van der Waals surface area contributed by atoms with Crippen LogP contribution in [0.1, 0.15) is 17.0 Å². The molecule has 2 atom stereocenters. The largest absolute Gasteiger partial charge is 0.326 e. The van der Waals surface area contributed by atoms with E-state index < -0.39 is 10.0 Å². The van der Waals surface area contributed by atoms with Gasteiger partial charge in [-0.2, -0.15) is 4.31 Å². The summed E-state index contributed by atoms with van der Waals surface area (Å²) in [7, 11) is -3.55. The smallest absolute Gasteiger partial charge is 0.218 e. The lowest BCUT2D eigenvalue weighted by Crippen LogP contribution is -2.33. The quantitative estimate of drug-likeness (QED) is 0.742. The first-order chi connectivity index (χ1) is 12.4. The van der Waals surface area contributed by atoms with Gasteiger partial charge in [-0.25, -0.2) is 17.4 Å². The highest BCUT2D eigenvalue weighted by Gasteiger charge is 2.37. The Bertz CT molecular complexity index is 1040. The zero-order chi connectivity index (χ0) is 18.3. The van der Waals surface area contributed by atoms with Crippen molar-refractivity contribution < 1.29 is 17.4 Å². The molecule has 2 aromatic carbocycles. The molecule has 0 aliphatic carbocycles. The van der Waals surface area contributed by atoms with E-state index in [9.17, 15) is 12.8 Å². The summed E-state index contributed by atoms with van der Waals surface area (Å²) < 4.78 is 44.8. The van der Waals surface area contributed by atoms with Gasteiger partial charge in [0.25, 0.3) is 0 Å². The van der Waals surface area contributed by atoms with Gasteiger partial charge in [0, 0.05) is 25.0 Å². The Morgan fingerprint density at radius 2 is 1.85 bits per heavy atom. The van der Waals surface area contributed by atoms with E-state index in [1.54, 1.807) is 30.3 Å². The highest BCUT2D eigenvalue weighted by Crippen LogP contribution is 2.29. The van der Waals surface area contributed by atoms with Crippen molar-refractivity contribution in [3.05, 3.63) is 59.4 Å². The van der Waals surface area contributed by atoms with E-state index in [0.29, 0.717) is 16.6 Å². The molecule has 0 unspecified atom stereocenters. The van der Waals surface area contributed by atoms with Crippen LogP contribution < -0.4 is 5.73 Å². The molecule has 3 aromatic rings. The van der Waals surface area contributed by atoms with Crippen molar-refractivity contribution in [1.29, 1.82) is 0 Å². The Balaban J connectivity index is 1.53. The Morgan fingerprint density at radius 3 is 2.62 bits per heavy atom. The Morgan fingerprint density at radius 1 is 1.12 bits per heavy atom. The fourth-order valence-corrected chi connectivity index (χ4v) is 4.87. The van der Waals surface area contributed by atoms with E-state index in [4.69, 9.17) is 5.73 Å². The molecular weight excluding hydrogens is 359 g/mol. The van der Waals surface area contributed by atoms with Crippen LogP contribution in [0.25, 0.3) is 11.0 Å². The van der Waals surface area contributed by atoms with E-state index in [0.717, 1.165) is 5.56 Å². The van der Waals surface area contributed by atoms with Crippen molar-refractivity contribution >= 4 is 21.1 Å². The number of halogens is 1. The van der Waals surface area contributed by atoms with Gasteiger partial charge >= 0.3 is 0 Å². The monoisotopic (exact) mass is 376 g/mol. The summed E-state index contributed by atoms with van der Waals surface area (Å²) >= 11 is 0. The zero-order valence-corrected chi connectivity index (χ0v) is 14.6. The molecule has 7 nitrogen and oxygen atoms in total. The Labute approximate surface area is 149 Å². The molecule has 136 valence electrons. The van der Waals surface area contributed by atoms with Crippen molar-refractivity contribution in [2.45, 2.75) is 17.7 Å². The molecule has 1 aliphatic heterocycles. The average Bonchev–Trinajstić information content (AvgIpc) is 3.22. The van der Waals surface area contributed by atoms with E-state index >= 15 is 0 Å². The van der Waals surface area contributed by atoms with Gasteiger partial charge < -0.3 is 5.73 Å². The molecule has 4 rings (SSSR count).